The van der Waals surface area contributed by atoms with Gasteiger partial charge in [-0.2, -0.15) is 10.4 Å². The summed E-state index contributed by atoms with van der Waals surface area (Å²) in [5, 5.41) is 25.5. The lowest BCUT2D eigenvalue weighted by Gasteiger charge is -2.19. The van der Waals surface area contributed by atoms with E-state index in [0.717, 1.165) is 5.39 Å². The number of hydrogen-bond acceptors (Lipinski definition) is 7. The zero-order valence-corrected chi connectivity index (χ0v) is 13.5. The number of nitriles is 1. The van der Waals surface area contributed by atoms with Gasteiger partial charge in [-0.25, -0.2) is 9.97 Å². The molecule has 2 aromatic heterocycles. The van der Waals surface area contributed by atoms with Crippen LogP contribution in [0.15, 0.2) is 36.8 Å². The van der Waals surface area contributed by atoms with E-state index in [9.17, 15) is 10.1 Å². The molecule has 0 amide bonds. The summed E-state index contributed by atoms with van der Waals surface area (Å²) in [7, 11) is 1.44. The van der Waals surface area contributed by atoms with Gasteiger partial charge in [-0.1, -0.05) is 0 Å². The number of fused-ring (bicyclic) bond motifs is 1. The number of rotatable bonds is 5. The molecule has 25 heavy (non-hydrogen) atoms. The van der Waals surface area contributed by atoms with Crippen molar-refractivity contribution < 1.29 is 9.66 Å². The van der Waals surface area contributed by atoms with E-state index in [1.165, 1.54) is 26.4 Å². The highest BCUT2D eigenvalue weighted by Crippen LogP contribution is 2.27. The molecule has 3 aromatic rings. The predicted octanol–water partition coefficient (Wildman–Crippen LogP) is 1.96. The molecule has 0 saturated carbocycles. The maximum Gasteiger partial charge on any atom is 0.316 e. The summed E-state index contributed by atoms with van der Waals surface area (Å²) in [5.74, 6) is 0. The topological polar surface area (TPSA) is 120 Å². The third-order valence-electron chi connectivity index (χ3n) is 3.95. The summed E-state index contributed by atoms with van der Waals surface area (Å²) < 4.78 is 6.50. The van der Waals surface area contributed by atoms with Crippen molar-refractivity contribution in [2.45, 2.75) is 19.0 Å². The van der Waals surface area contributed by atoms with E-state index < -0.39 is 12.1 Å². The van der Waals surface area contributed by atoms with Gasteiger partial charge in [0.15, 0.2) is 0 Å². The third-order valence-corrected chi connectivity index (χ3v) is 3.95. The van der Waals surface area contributed by atoms with Gasteiger partial charge in [0.2, 0.25) is 6.04 Å². The van der Waals surface area contributed by atoms with Crippen molar-refractivity contribution >= 4 is 10.9 Å². The average Bonchev–Trinajstić information content (AvgIpc) is 3.05. The quantitative estimate of drug-likeness (QED) is 0.515. The molecule has 0 saturated heterocycles. The van der Waals surface area contributed by atoms with Crippen LogP contribution in [0.3, 0.4) is 0 Å². The average molecular weight is 338 g/mol. The zero-order valence-electron chi connectivity index (χ0n) is 13.5. The number of nitro groups is 1. The highest BCUT2D eigenvalue weighted by atomic mass is 16.6. The first-order chi connectivity index (χ1) is 12.0. The van der Waals surface area contributed by atoms with Crippen LogP contribution in [-0.4, -0.2) is 37.8 Å². The van der Waals surface area contributed by atoms with Gasteiger partial charge >= 0.3 is 6.01 Å². The van der Waals surface area contributed by atoms with Gasteiger partial charge in [0.1, 0.15) is 6.04 Å². The molecule has 0 N–H and O–H groups in total. The Bertz CT molecular complexity index is 960. The highest BCUT2D eigenvalue weighted by molar-refractivity contribution is 5.80. The SMILES string of the molecule is COc1ncc(C(C(C)[N+](=O)[O-])n2ncc3cc(C#N)ccc32)cn1. The molecule has 126 valence electrons. The maximum atomic E-state index is 11.4. The van der Waals surface area contributed by atoms with Crippen LogP contribution in [0, 0.1) is 21.4 Å². The van der Waals surface area contributed by atoms with Crippen LogP contribution in [-0.2, 0) is 0 Å². The Labute approximate surface area is 142 Å². The number of nitrogens with zero attached hydrogens (tertiary/aromatic N) is 6. The molecule has 0 aliphatic carbocycles. The number of methoxy groups -OCH3 is 1. The molecule has 0 spiro atoms. The predicted molar refractivity (Wildman–Crippen MR) is 87.6 cm³/mol. The van der Waals surface area contributed by atoms with Crippen LogP contribution in [0.4, 0.5) is 0 Å². The second-order valence-electron chi connectivity index (χ2n) is 5.45. The molecule has 0 aliphatic heterocycles. The Balaban J connectivity index is 2.14. The smallest absolute Gasteiger partial charge is 0.316 e. The van der Waals surface area contributed by atoms with E-state index in [2.05, 4.69) is 21.1 Å². The second kappa shape index (κ2) is 6.52. The summed E-state index contributed by atoms with van der Waals surface area (Å²) in [4.78, 5) is 19.1. The summed E-state index contributed by atoms with van der Waals surface area (Å²) in [6.45, 7) is 1.51. The minimum Gasteiger partial charge on any atom is -0.467 e. The van der Waals surface area contributed by atoms with E-state index in [4.69, 9.17) is 10.00 Å². The van der Waals surface area contributed by atoms with Gasteiger partial charge in [-0.15, -0.1) is 0 Å². The minimum absolute atomic E-state index is 0.181. The molecule has 2 heterocycles. The minimum atomic E-state index is -0.962. The largest absolute Gasteiger partial charge is 0.467 e. The lowest BCUT2D eigenvalue weighted by molar-refractivity contribution is -0.523. The standard InChI is InChI=1S/C16H14N6O3/c1-10(22(23)24)15(13-7-18-16(25-2)19-8-13)21-14-4-3-11(6-17)5-12(14)9-20-21/h3-5,7-10,15H,1-2H3. The Hall–Kier alpha value is -3.54. The van der Waals surface area contributed by atoms with Crippen molar-refractivity contribution in [1.29, 1.82) is 5.26 Å². The van der Waals surface area contributed by atoms with Gasteiger partial charge in [-0.05, 0) is 18.2 Å². The Morgan fingerprint density at radius 1 is 1.32 bits per heavy atom. The first kappa shape index (κ1) is 16.3. The molecule has 0 radical (unpaired) electrons. The van der Waals surface area contributed by atoms with Crippen LogP contribution in [0.1, 0.15) is 24.1 Å². The molecule has 2 unspecified atom stereocenters. The molecule has 0 fully saturated rings. The monoisotopic (exact) mass is 338 g/mol. The molecule has 1 aromatic carbocycles. The number of benzene rings is 1. The molecule has 0 aliphatic rings. The van der Waals surface area contributed by atoms with Crippen molar-refractivity contribution in [3.05, 3.63) is 58.0 Å². The molecule has 3 rings (SSSR count). The van der Waals surface area contributed by atoms with Gasteiger partial charge in [0, 0.05) is 35.2 Å². The first-order valence-corrected chi connectivity index (χ1v) is 7.42. The zero-order chi connectivity index (χ0) is 18.0. The summed E-state index contributed by atoms with van der Waals surface area (Å²) in [5.41, 5.74) is 1.73. The fourth-order valence-corrected chi connectivity index (χ4v) is 2.67. The summed E-state index contributed by atoms with van der Waals surface area (Å²) >= 11 is 0. The van der Waals surface area contributed by atoms with E-state index >= 15 is 0 Å². The van der Waals surface area contributed by atoms with Crippen molar-refractivity contribution in [2.75, 3.05) is 7.11 Å². The van der Waals surface area contributed by atoms with Crippen LogP contribution in [0.25, 0.3) is 10.9 Å². The fourth-order valence-electron chi connectivity index (χ4n) is 2.67. The molecule has 2 atom stereocenters. The lowest BCUT2D eigenvalue weighted by Crippen LogP contribution is -2.30. The van der Waals surface area contributed by atoms with Crippen LogP contribution < -0.4 is 4.74 Å². The number of aromatic nitrogens is 4. The second-order valence-corrected chi connectivity index (χ2v) is 5.45. The van der Waals surface area contributed by atoms with Crippen molar-refractivity contribution in [1.82, 2.24) is 19.7 Å². The van der Waals surface area contributed by atoms with Crippen molar-refractivity contribution in [3.63, 3.8) is 0 Å². The number of hydrogen-bond donors (Lipinski definition) is 0. The first-order valence-electron chi connectivity index (χ1n) is 7.42. The van der Waals surface area contributed by atoms with Gasteiger partial charge < -0.3 is 4.74 Å². The molecular formula is C16H14N6O3. The van der Waals surface area contributed by atoms with E-state index in [1.54, 1.807) is 29.1 Å². The van der Waals surface area contributed by atoms with Crippen LogP contribution >= 0.6 is 0 Å². The summed E-state index contributed by atoms with van der Waals surface area (Å²) in [6, 6.07) is 5.65. The van der Waals surface area contributed by atoms with Gasteiger partial charge in [0.25, 0.3) is 0 Å². The van der Waals surface area contributed by atoms with E-state index in [1.807, 2.05) is 0 Å². The van der Waals surface area contributed by atoms with Crippen LogP contribution in [0.5, 0.6) is 6.01 Å². The van der Waals surface area contributed by atoms with Gasteiger partial charge in [-0.3, -0.25) is 14.8 Å². The highest BCUT2D eigenvalue weighted by Gasteiger charge is 2.32. The molecule has 9 heteroatoms. The molecule has 0 bridgehead atoms. The third kappa shape index (κ3) is 2.97. The van der Waals surface area contributed by atoms with E-state index in [-0.39, 0.29) is 10.9 Å². The lowest BCUT2D eigenvalue weighted by atomic mass is 10.0. The van der Waals surface area contributed by atoms with Crippen molar-refractivity contribution in [3.8, 4) is 12.1 Å². The Morgan fingerprint density at radius 3 is 2.64 bits per heavy atom. The maximum absolute atomic E-state index is 11.4. The van der Waals surface area contributed by atoms with E-state index in [0.29, 0.717) is 16.6 Å². The molecule has 9 nitrogen and oxygen atoms in total. The Kier molecular flexibility index (Phi) is 4.26. The Morgan fingerprint density at radius 2 is 2.04 bits per heavy atom. The fraction of sp³-hybridized carbons (Fsp3) is 0.250. The normalized spacial score (nSPS) is 13.2. The van der Waals surface area contributed by atoms with Gasteiger partial charge in [0.05, 0.1) is 30.5 Å². The summed E-state index contributed by atoms with van der Waals surface area (Å²) in [6.07, 6.45) is 4.57. The molecular weight excluding hydrogens is 324 g/mol. The van der Waals surface area contributed by atoms with Crippen LogP contribution in [0.2, 0.25) is 0 Å². The number of ether oxygens (including phenoxy) is 1. The van der Waals surface area contributed by atoms with Crippen molar-refractivity contribution in [2.24, 2.45) is 0 Å².